The summed E-state index contributed by atoms with van der Waals surface area (Å²) in [7, 11) is 3.52. The van der Waals surface area contributed by atoms with Gasteiger partial charge in [-0.05, 0) is 5.56 Å². The number of likely N-dealkylation sites (tertiary alicyclic amines) is 1. The van der Waals surface area contributed by atoms with Crippen molar-refractivity contribution in [2.45, 2.75) is 18.9 Å². The van der Waals surface area contributed by atoms with E-state index in [1.54, 1.807) is 19.0 Å². The van der Waals surface area contributed by atoms with Gasteiger partial charge >= 0.3 is 18.2 Å². The smallest absolute Gasteiger partial charge is 0.475 e. The molecular formula is C21H30F3N3O5. The van der Waals surface area contributed by atoms with Gasteiger partial charge in [-0.3, -0.25) is 4.90 Å². The lowest BCUT2D eigenvalue weighted by Crippen LogP contribution is -2.39. The first-order valence-corrected chi connectivity index (χ1v) is 10.3. The molecule has 1 aromatic carbocycles. The second-order valence-corrected chi connectivity index (χ2v) is 7.98. The molecule has 0 radical (unpaired) electrons. The number of alkyl halides is 3. The molecule has 2 saturated heterocycles. The van der Waals surface area contributed by atoms with E-state index < -0.39 is 12.1 Å². The molecule has 2 fully saturated rings. The van der Waals surface area contributed by atoms with Crippen LogP contribution in [0.3, 0.4) is 0 Å². The molecule has 3 rings (SSSR count). The lowest BCUT2D eigenvalue weighted by molar-refractivity contribution is -0.192. The van der Waals surface area contributed by atoms with Gasteiger partial charge in [0.15, 0.2) is 0 Å². The number of carbonyl (C=O) groups excluding carboxylic acids is 1. The van der Waals surface area contributed by atoms with Crippen LogP contribution in [0.4, 0.5) is 18.0 Å². The fraction of sp³-hybridized carbons (Fsp3) is 0.619. The van der Waals surface area contributed by atoms with Gasteiger partial charge in [0.1, 0.15) is 0 Å². The molecule has 0 saturated carbocycles. The summed E-state index contributed by atoms with van der Waals surface area (Å²) in [5.41, 5.74) is 1.21. The fourth-order valence-corrected chi connectivity index (χ4v) is 3.61. The molecule has 0 unspecified atom stereocenters. The molecule has 11 heteroatoms. The third-order valence-corrected chi connectivity index (χ3v) is 5.34. The minimum atomic E-state index is -5.08. The van der Waals surface area contributed by atoms with Gasteiger partial charge in [0.2, 0.25) is 0 Å². The molecule has 2 amide bonds. The molecule has 2 N–H and O–H groups in total. The molecule has 2 aliphatic rings. The van der Waals surface area contributed by atoms with E-state index in [9.17, 15) is 18.0 Å². The van der Waals surface area contributed by atoms with Gasteiger partial charge in [-0.1, -0.05) is 30.3 Å². The number of carbonyl (C=O) groups is 2. The van der Waals surface area contributed by atoms with E-state index in [-0.39, 0.29) is 6.03 Å². The molecule has 0 spiro atoms. The minimum Gasteiger partial charge on any atom is -0.475 e. The number of carboxylic acid groups (broad SMARTS) is 1. The van der Waals surface area contributed by atoms with Gasteiger partial charge in [-0.25, -0.2) is 9.59 Å². The highest BCUT2D eigenvalue weighted by Crippen LogP contribution is 2.33. The van der Waals surface area contributed by atoms with Crippen LogP contribution < -0.4 is 5.32 Å². The monoisotopic (exact) mass is 461 g/mol. The first-order chi connectivity index (χ1) is 15.1. The van der Waals surface area contributed by atoms with Gasteiger partial charge < -0.3 is 24.8 Å². The maximum absolute atomic E-state index is 11.7. The van der Waals surface area contributed by atoms with Crippen molar-refractivity contribution in [3.05, 3.63) is 35.9 Å². The molecule has 0 aliphatic carbocycles. The number of hydrogen-bond acceptors (Lipinski definition) is 5. The number of nitrogens with one attached hydrogen (secondary N) is 1. The second kappa shape index (κ2) is 12.0. The highest BCUT2D eigenvalue weighted by molar-refractivity contribution is 5.73. The van der Waals surface area contributed by atoms with Crippen LogP contribution in [0.2, 0.25) is 0 Å². The zero-order valence-corrected chi connectivity index (χ0v) is 18.2. The van der Waals surface area contributed by atoms with Gasteiger partial charge in [0.25, 0.3) is 0 Å². The number of amides is 2. The Labute approximate surface area is 185 Å². The summed E-state index contributed by atoms with van der Waals surface area (Å²) in [6.45, 7) is 5.77. The molecule has 2 heterocycles. The van der Waals surface area contributed by atoms with Crippen LogP contribution in [0.15, 0.2) is 30.3 Å². The number of nitrogens with zero attached hydrogens (tertiary/aromatic N) is 2. The summed E-state index contributed by atoms with van der Waals surface area (Å²) in [5.74, 6) is -1.84. The fourth-order valence-electron chi connectivity index (χ4n) is 3.61. The number of carboxylic acids is 1. The predicted octanol–water partition coefficient (Wildman–Crippen LogP) is 2.05. The Morgan fingerprint density at radius 3 is 2.50 bits per heavy atom. The third kappa shape index (κ3) is 8.29. The predicted molar refractivity (Wildman–Crippen MR) is 110 cm³/mol. The van der Waals surface area contributed by atoms with Gasteiger partial charge in [0, 0.05) is 52.1 Å². The number of fused-ring (bicyclic) bond motifs is 1. The Bertz CT molecular complexity index is 733. The summed E-state index contributed by atoms with van der Waals surface area (Å²) in [6, 6.07) is 10.2. The van der Waals surface area contributed by atoms with E-state index in [1.807, 2.05) is 18.2 Å². The van der Waals surface area contributed by atoms with Crippen molar-refractivity contribution in [1.82, 2.24) is 15.1 Å². The zero-order valence-electron chi connectivity index (χ0n) is 18.2. The summed E-state index contributed by atoms with van der Waals surface area (Å²) < 4.78 is 43.5. The SMILES string of the molecule is CN(C)C(=O)NC[C@@H]1CO[C@@H]2CN(CCOCc3ccccc3)C[C@H]12.O=C(O)C(F)(F)F. The number of urea groups is 1. The molecule has 180 valence electrons. The maximum Gasteiger partial charge on any atom is 0.490 e. The summed E-state index contributed by atoms with van der Waals surface area (Å²) in [4.78, 5) is 24.6. The van der Waals surface area contributed by atoms with Crippen molar-refractivity contribution in [1.29, 1.82) is 0 Å². The van der Waals surface area contributed by atoms with Gasteiger partial charge in [-0.15, -0.1) is 0 Å². The van der Waals surface area contributed by atoms with Crippen molar-refractivity contribution in [2.24, 2.45) is 11.8 Å². The standard InChI is InChI=1S/C19H29N3O3.C2HF3O2/c1-21(2)19(23)20-10-16-14-25-18-12-22(11-17(16)18)8-9-24-13-15-6-4-3-5-7-15;3-2(4,5)1(6)7/h3-7,16-18H,8-14H2,1-2H3,(H,20,23);(H,6,7)/t16-,17-,18-;/m1./s1. The van der Waals surface area contributed by atoms with Gasteiger partial charge in [0.05, 0.1) is 25.9 Å². The maximum atomic E-state index is 11.7. The molecule has 3 atom stereocenters. The van der Waals surface area contributed by atoms with Crippen molar-refractivity contribution in [3.63, 3.8) is 0 Å². The van der Waals surface area contributed by atoms with Crippen molar-refractivity contribution < 1.29 is 37.3 Å². The first kappa shape index (κ1) is 25.9. The Morgan fingerprint density at radius 1 is 1.25 bits per heavy atom. The quantitative estimate of drug-likeness (QED) is 0.604. The number of rotatable bonds is 7. The lowest BCUT2D eigenvalue weighted by atomic mass is 9.93. The molecule has 32 heavy (non-hydrogen) atoms. The largest absolute Gasteiger partial charge is 0.490 e. The summed E-state index contributed by atoms with van der Waals surface area (Å²) in [6.07, 6.45) is -4.78. The molecule has 8 nitrogen and oxygen atoms in total. The minimum absolute atomic E-state index is 0.0346. The van der Waals surface area contributed by atoms with Crippen molar-refractivity contribution in [3.8, 4) is 0 Å². The molecule has 0 bridgehead atoms. The van der Waals surface area contributed by atoms with Crippen LogP contribution in [-0.2, 0) is 20.9 Å². The van der Waals surface area contributed by atoms with E-state index in [2.05, 4.69) is 22.3 Å². The topological polar surface area (TPSA) is 91.3 Å². The highest BCUT2D eigenvalue weighted by atomic mass is 19.4. The highest BCUT2D eigenvalue weighted by Gasteiger charge is 2.43. The van der Waals surface area contributed by atoms with Crippen molar-refractivity contribution >= 4 is 12.0 Å². The average molecular weight is 461 g/mol. The molecule has 2 aliphatic heterocycles. The Hall–Kier alpha value is -2.37. The Morgan fingerprint density at radius 2 is 1.91 bits per heavy atom. The van der Waals surface area contributed by atoms with Crippen LogP contribution >= 0.6 is 0 Å². The van der Waals surface area contributed by atoms with E-state index >= 15 is 0 Å². The number of aliphatic carboxylic acids is 1. The van der Waals surface area contributed by atoms with Crippen molar-refractivity contribution in [2.75, 3.05) is 53.5 Å². The zero-order chi connectivity index (χ0) is 23.7. The third-order valence-electron chi connectivity index (χ3n) is 5.34. The van der Waals surface area contributed by atoms with E-state index in [4.69, 9.17) is 19.4 Å². The Kier molecular flexibility index (Phi) is 9.73. The molecule has 0 aromatic heterocycles. The number of benzene rings is 1. The number of hydrogen-bond donors (Lipinski definition) is 2. The number of halogens is 3. The Balaban J connectivity index is 0.000000451. The van der Waals surface area contributed by atoms with Crippen LogP contribution in [0, 0.1) is 11.8 Å². The van der Waals surface area contributed by atoms with Gasteiger partial charge in [-0.2, -0.15) is 13.2 Å². The van der Waals surface area contributed by atoms with Crippen LogP contribution in [0.1, 0.15) is 5.56 Å². The normalized spacial score (nSPS) is 22.6. The molecule has 1 aromatic rings. The van der Waals surface area contributed by atoms with Crippen LogP contribution in [0.25, 0.3) is 0 Å². The van der Waals surface area contributed by atoms with E-state index in [0.29, 0.717) is 31.1 Å². The molecular weight excluding hydrogens is 431 g/mol. The van der Waals surface area contributed by atoms with E-state index in [0.717, 1.165) is 32.8 Å². The lowest BCUT2D eigenvalue weighted by Gasteiger charge is -2.21. The second-order valence-electron chi connectivity index (χ2n) is 7.98. The summed E-state index contributed by atoms with van der Waals surface area (Å²) in [5, 5.41) is 10.1. The summed E-state index contributed by atoms with van der Waals surface area (Å²) >= 11 is 0. The van der Waals surface area contributed by atoms with E-state index in [1.165, 1.54) is 5.56 Å². The number of ether oxygens (including phenoxy) is 2. The average Bonchev–Trinajstić information content (AvgIpc) is 3.30. The van der Waals surface area contributed by atoms with Crippen LogP contribution in [-0.4, -0.2) is 92.7 Å². The van der Waals surface area contributed by atoms with Crippen LogP contribution in [0.5, 0.6) is 0 Å². The first-order valence-electron chi connectivity index (χ1n) is 10.3.